The number of benzene rings is 1. The summed E-state index contributed by atoms with van der Waals surface area (Å²) >= 11 is 0. The van der Waals surface area contributed by atoms with E-state index in [9.17, 15) is 0 Å². The standard InChI is InChI=1S/C37H65N2Si2/c1-15-17-21-37(22-18-16-2)33-25-29(40(10,11)12)19-20-30(33)32-24-28-23-27(3)35(31(28)26-34(32)37)41(13,14)38(36(4,5)6)39(7,8)9/h19-20,24-28,31,35H,15-18,21-23H2,1-14H3/q+1. The minimum Gasteiger partial charge on any atom is -0.257 e. The first-order valence-corrected chi connectivity index (χ1v) is 23.5. The second-order valence-electron chi connectivity index (χ2n) is 17.5. The summed E-state index contributed by atoms with van der Waals surface area (Å²) in [4.78, 5) is 0. The Kier molecular flexibility index (Phi) is 9.00. The quantitative estimate of drug-likeness (QED) is 0.148. The Bertz CT molecular complexity index is 1150. The van der Waals surface area contributed by atoms with Crippen LogP contribution in [0, 0.1) is 17.8 Å². The van der Waals surface area contributed by atoms with Gasteiger partial charge >= 0.3 is 0 Å². The molecule has 4 atom stereocenters. The van der Waals surface area contributed by atoms with Gasteiger partial charge in [-0.1, -0.05) is 115 Å². The summed E-state index contributed by atoms with van der Waals surface area (Å²) in [6, 6.07) is 7.76. The van der Waals surface area contributed by atoms with Crippen LogP contribution in [0.2, 0.25) is 38.3 Å². The molecule has 41 heavy (non-hydrogen) atoms. The molecule has 3 aliphatic carbocycles. The maximum absolute atomic E-state index is 2.94. The predicted octanol–water partition coefficient (Wildman–Crippen LogP) is 9.76. The van der Waals surface area contributed by atoms with Crippen molar-refractivity contribution in [2.75, 3.05) is 21.1 Å². The zero-order valence-electron chi connectivity index (χ0n) is 29.5. The van der Waals surface area contributed by atoms with Crippen molar-refractivity contribution in [3.63, 3.8) is 0 Å². The molecule has 1 fully saturated rings. The summed E-state index contributed by atoms with van der Waals surface area (Å²) in [5.41, 5.74) is 7.73. The summed E-state index contributed by atoms with van der Waals surface area (Å²) in [6.07, 6.45) is 14.9. The van der Waals surface area contributed by atoms with E-state index in [2.05, 4.69) is 130 Å². The predicted molar refractivity (Wildman–Crippen MR) is 188 cm³/mol. The molecule has 1 aromatic carbocycles. The largest absolute Gasteiger partial charge is 0.257 e. The highest BCUT2D eigenvalue weighted by Gasteiger charge is 2.59. The fraction of sp³-hybridized carbons (Fsp3) is 0.730. The molecule has 0 radical (unpaired) electrons. The average molecular weight is 594 g/mol. The number of nitrogens with zero attached hydrogens (tertiary/aromatic N) is 2. The van der Waals surface area contributed by atoms with Crippen LogP contribution in [-0.2, 0) is 5.41 Å². The van der Waals surface area contributed by atoms with Crippen molar-refractivity contribution < 1.29 is 4.59 Å². The van der Waals surface area contributed by atoms with E-state index in [4.69, 9.17) is 0 Å². The van der Waals surface area contributed by atoms with Crippen LogP contribution in [0.15, 0.2) is 35.9 Å². The summed E-state index contributed by atoms with van der Waals surface area (Å²) in [7, 11) is 3.94. The van der Waals surface area contributed by atoms with E-state index in [0.717, 1.165) is 16.1 Å². The van der Waals surface area contributed by atoms with Crippen LogP contribution in [0.1, 0.15) is 97.6 Å². The van der Waals surface area contributed by atoms with E-state index in [0.29, 0.717) is 11.8 Å². The molecule has 0 saturated heterocycles. The second kappa shape index (κ2) is 11.2. The first kappa shape index (κ1) is 33.0. The van der Waals surface area contributed by atoms with Gasteiger partial charge in [-0.2, -0.15) is 4.67 Å². The molecule has 4 rings (SSSR count). The second-order valence-corrected chi connectivity index (χ2v) is 27.0. The normalized spacial score (nSPS) is 26.0. The molecule has 4 heteroatoms. The van der Waals surface area contributed by atoms with E-state index in [1.165, 1.54) is 44.9 Å². The van der Waals surface area contributed by atoms with E-state index < -0.39 is 16.3 Å². The van der Waals surface area contributed by atoms with Crippen molar-refractivity contribution in [1.82, 2.24) is 4.67 Å². The molecule has 0 bridgehead atoms. The fourth-order valence-electron chi connectivity index (χ4n) is 10.3. The van der Waals surface area contributed by atoms with Crippen molar-refractivity contribution in [3.8, 4) is 0 Å². The Hall–Kier alpha value is -0.946. The zero-order valence-corrected chi connectivity index (χ0v) is 31.5. The highest BCUT2D eigenvalue weighted by Crippen LogP contribution is 2.62. The third-order valence-electron chi connectivity index (χ3n) is 10.9. The smallest absolute Gasteiger partial charge is 0.191 e. The number of rotatable bonds is 10. The van der Waals surface area contributed by atoms with Gasteiger partial charge in [0.1, 0.15) is 0 Å². The summed E-state index contributed by atoms with van der Waals surface area (Å²) in [6.45, 7) is 27.7. The molecule has 0 heterocycles. The first-order chi connectivity index (χ1) is 18.8. The lowest BCUT2D eigenvalue weighted by Gasteiger charge is -2.55. The van der Waals surface area contributed by atoms with Gasteiger partial charge < -0.3 is 0 Å². The van der Waals surface area contributed by atoms with Gasteiger partial charge in [0.15, 0.2) is 8.24 Å². The molecule has 0 N–H and O–H groups in total. The van der Waals surface area contributed by atoms with Crippen molar-refractivity contribution >= 4 is 27.1 Å². The monoisotopic (exact) mass is 593 g/mol. The van der Waals surface area contributed by atoms with E-state index >= 15 is 0 Å². The van der Waals surface area contributed by atoms with Crippen LogP contribution in [0.4, 0.5) is 0 Å². The number of allylic oxidation sites excluding steroid dienone is 4. The minimum absolute atomic E-state index is 0.136. The molecule has 3 aliphatic rings. The highest BCUT2D eigenvalue weighted by molar-refractivity contribution is 6.88. The number of quaternary nitrogens is 1. The summed E-state index contributed by atoms with van der Waals surface area (Å²) in [5.74, 6) is 2.09. The van der Waals surface area contributed by atoms with E-state index in [-0.39, 0.29) is 11.0 Å². The maximum Gasteiger partial charge on any atom is 0.191 e. The van der Waals surface area contributed by atoms with Crippen molar-refractivity contribution in [3.05, 3.63) is 47.1 Å². The number of fused-ring (bicyclic) bond motifs is 4. The SMILES string of the molecule is CCCCC1(CCCC)C2=CC3C(C=C2c2ccc([Si](C)(C)C)cc21)CC(C)C3[Si](C)(C)N(C(C)(C)C)[N+](C)(C)C. The molecule has 0 aliphatic heterocycles. The van der Waals surface area contributed by atoms with Crippen LogP contribution >= 0.6 is 0 Å². The zero-order chi connectivity index (χ0) is 30.8. The molecule has 230 valence electrons. The van der Waals surface area contributed by atoms with Gasteiger partial charge in [0.25, 0.3) is 0 Å². The fourth-order valence-corrected chi connectivity index (χ4v) is 17.8. The van der Waals surface area contributed by atoms with Crippen LogP contribution in [0.3, 0.4) is 0 Å². The van der Waals surface area contributed by atoms with Crippen LogP contribution in [-0.4, -0.2) is 52.3 Å². The Balaban J connectivity index is 1.92. The van der Waals surface area contributed by atoms with Gasteiger partial charge in [0.2, 0.25) is 0 Å². The van der Waals surface area contributed by atoms with Crippen LogP contribution in [0.5, 0.6) is 0 Å². The minimum atomic E-state index is -1.86. The van der Waals surface area contributed by atoms with Crippen LogP contribution < -0.4 is 5.19 Å². The molecule has 1 aromatic rings. The van der Waals surface area contributed by atoms with Crippen molar-refractivity contribution in [1.29, 1.82) is 0 Å². The summed E-state index contributed by atoms with van der Waals surface area (Å²) < 4.78 is 3.86. The van der Waals surface area contributed by atoms with Gasteiger partial charge in [0, 0.05) is 5.41 Å². The van der Waals surface area contributed by atoms with Gasteiger partial charge in [-0.25, -0.2) is 0 Å². The topological polar surface area (TPSA) is 3.24 Å². The molecule has 0 aromatic heterocycles. The average Bonchev–Trinajstić information content (AvgIpc) is 3.28. The molecule has 0 amide bonds. The Labute approximate surface area is 257 Å². The lowest BCUT2D eigenvalue weighted by molar-refractivity contribution is -0.978. The molecule has 4 unspecified atom stereocenters. The third-order valence-corrected chi connectivity index (χ3v) is 17.9. The Morgan fingerprint density at radius 3 is 2.00 bits per heavy atom. The first-order valence-electron chi connectivity index (χ1n) is 17.0. The molecular formula is C37H65N2Si2+. The molecule has 2 nitrogen and oxygen atoms in total. The molecule has 0 spiro atoms. The van der Waals surface area contributed by atoms with Crippen LogP contribution in [0.25, 0.3) is 5.57 Å². The Morgan fingerprint density at radius 2 is 1.51 bits per heavy atom. The van der Waals surface area contributed by atoms with Gasteiger partial charge in [-0.05, 0) is 85.6 Å². The third kappa shape index (κ3) is 5.81. The van der Waals surface area contributed by atoms with Gasteiger partial charge in [0.05, 0.1) is 34.8 Å². The van der Waals surface area contributed by atoms with Crippen molar-refractivity contribution in [2.24, 2.45) is 17.8 Å². The Morgan fingerprint density at radius 1 is 0.927 bits per heavy atom. The lowest BCUT2D eigenvalue weighted by Crippen LogP contribution is -2.72. The number of hydrogen-bond donors (Lipinski definition) is 0. The molecular weight excluding hydrogens is 529 g/mol. The van der Waals surface area contributed by atoms with Gasteiger partial charge in [-0.15, -0.1) is 0 Å². The van der Waals surface area contributed by atoms with Crippen molar-refractivity contribution in [2.45, 2.75) is 136 Å². The maximum atomic E-state index is 2.94. The molecule has 1 saturated carbocycles. The van der Waals surface area contributed by atoms with E-state index in [1.807, 2.05) is 0 Å². The number of hydrogen-bond acceptors (Lipinski definition) is 1. The number of unbranched alkanes of at least 4 members (excludes halogenated alkanes) is 2. The lowest BCUT2D eigenvalue weighted by atomic mass is 9.68. The van der Waals surface area contributed by atoms with E-state index in [1.54, 1.807) is 27.5 Å². The highest BCUT2D eigenvalue weighted by atomic mass is 28.3. The van der Waals surface area contributed by atoms with Gasteiger partial charge in [-0.3, -0.25) is 4.59 Å². The summed E-state index contributed by atoms with van der Waals surface area (Å²) in [5, 5.41) is 1.64.